The van der Waals surface area contributed by atoms with Crippen LogP contribution in [0.15, 0.2) is 6.20 Å². The van der Waals surface area contributed by atoms with Gasteiger partial charge in [0, 0.05) is 12.2 Å². The number of aromatic amines is 1. The van der Waals surface area contributed by atoms with E-state index < -0.39 is 0 Å². The number of hydrogen-bond donors (Lipinski definition) is 2. The summed E-state index contributed by atoms with van der Waals surface area (Å²) in [5.41, 5.74) is 2.55. The van der Waals surface area contributed by atoms with Gasteiger partial charge in [0.15, 0.2) is 0 Å². The Morgan fingerprint density at radius 1 is 1.70 bits per heavy atom. The highest BCUT2D eigenvalue weighted by molar-refractivity contribution is 5.22. The van der Waals surface area contributed by atoms with Crippen LogP contribution in [0.5, 0.6) is 0 Å². The van der Waals surface area contributed by atoms with Crippen molar-refractivity contribution in [1.29, 1.82) is 0 Å². The molecule has 1 aromatic rings. The molecule has 3 heteroatoms. The number of fused-ring (bicyclic) bond motifs is 1. The van der Waals surface area contributed by atoms with E-state index in [-0.39, 0.29) is 0 Å². The smallest absolute Gasteiger partial charge is 0.0820 e. The van der Waals surface area contributed by atoms with Crippen molar-refractivity contribution in [2.45, 2.75) is 19.4 Å². The number of nitrogens with one attached hydrogen (secondary N) is 2. The number of nitrogens with zero attached hydrogens (tertiary/aromatic N) is 1. The molecular weight excluding hydrogens is 126 g/mol. The topological polar surface area (TPSA) is 40.7 Å². The third-order valence-electron chi connectivity index (χ3n) is 2.01. The Labute approximate surface area is 59.8 Å². The molecule has 0 amide bonds. The first-order valence-corrected chi connectivity index (χ1v) is 3.64. The van der Waals surface area contributed by atoms with E-state index in [1.807, 2.05) is 6.20 Å². The van der Waals surface area contributed by atoms with E-state index in [4.69, 9.17) is 0 Å². The molecule has 1 aromatic heterocycles. The minimum atomic E-state index is 0.426. The van der Waals surface area contributed by atoms with E-state index in [1.54, 1.807) is 0 Å². The van der Waals surface area contributed by atoms with Crippen LogP contribution < -0.4 is 5.32 Å². The lowest BCUT2D eigenvalue weighted by Gasteiger charge is -2.18. The quantitative estimate of drug-likeness (QED) is 0.550. The molecular formula is C7H11N3. The fourth-order valence-electron chi connectivity index (χ4n) is 1.42. The standard InChI is InChI=1S/C7H11N3/c1-5-7-6(2-3-8-5)4-9-10-7/h4-5,8H,2-3H2,1H3,(H,9,10). The monoisotopic (exact) mass is 137 g/mol. The van der Waals surface area contributed by atoms with Gasteiger partial charge in [-0.15, -0.1) is 0 Å². The third-order valence-corrected chi connectivity index (χ3v) is 2.01. The van der Waals surface area contributed by atoms with E-state index in [0.717, 1.165) is 13.0 Å². The van der Waals surface area contributed by atoms with Crippen molar-refractivity contribution in [3.8, 4) is 0 Å². The van der Waals surface area contributed by atoms with Gasteiger partial charge in [0.25, 0.3) is 0 Å². The van der Waals surface area contributed by atoms with Crippen LogP contribution in [0, 0.1) is 0 Å². The van der Waals surface area contributed by atoms with Crippen molar-refractivity contribution < 1.29 is 0 Å². The van der Waals surface area contributed by atoms with E-state index in [1.165, 1.54) is 11.3 Å². The lowest BCUT2D eigenvalue weighted by atomic mass is 10.0. The van der Waals surface area contributed by atoms with Crippen LogP contribution in [-0.4, -0.2) is 16.7 Å². The molecule has 0 aliphatic carbocycles. The molecule has 2 heterocycles. The van der Waals surface area contributed by atoms with Gasteiger partial charge in [0.1, 0.15) is 0 Å². The van der Waals surface area contributed by atoms with Gasteiger partial charge in [-0.3, -0.25) is 5.10 Å². The van der Waals surface area contributed by atoms with Crippen LogP contribution in [0.25, 0.3) is 0 Å². The zero-order valence-electron chi connectivity index (χ0n) is 6.02. The summed E-state index contributed by atoms with van der Waals surface area (Å²) >= 11 is 0. The Balaban J connectivity index is 2.41. The summed E-state index contributed by atoms with van der Waals surface area (Å²) in [6.07, 6.45) is 3.10. The molecule has 0 saturated carbocycles. The Morgan fingerprint density at radius 2 is 2.60 bits per heavy atom. The molecule has 2 rings (SSSR count). The highest BCUT2D eigenvalue weighted by atomic mass is 15.1. The third kappa shape index (κ3) is 0.743. The van der Waals surface area contributed by atoms with Gasteiger partial charge >= 0.3 is 0 Å². The minimum Gasteiger partial charge on any atom is -0.308 e. The van der Waals surface area contributed by atoms with Crippen LogP contribution in [0.1, 0.15) is 24.2 Å². The maximum absolute atomic E-state index is 4.15. The van der Waals surface area contributed by atoms with Crippen molar-refractivity contribution >= 4 is 0 Å². The summed E-state index contributed by atoms with van der Waals surface area (Å²) in [5, 5.41) is 10.4. The summed E-state index contributed by atoms with van der Waals surface area (Å²) in [4.78, 5) is 0. The molecule has 2 N–H and O–H groups in total. The van der Waals surface area contributed by atoms with Gasteiger partial charge in [0.05, 0.1) is 5.69 Å². The maximum Gasteiger partial charge on any atom is 0.0820 e. The van der Waals surface area contributed by atoms with Crippen molar-refractivity contribution in [3.05, 3.63) is 17.5 Å². The summed E-state index contributed by atoms with van der Waals surface area (Å²) in [7, 11) is 0. The molecule has 0 radical (unpaired) electrons. The molecule has 54 valence electrons. The molecule has 10 heavy (non-hydrogen) atoms. The van der Waals surface area contributed by atoms with Crippen LogP contribution in [-0.2, 0) is 6.42 Å². The average molecular weight is 137 g/mol. The van der Waals surface area contributed by atoms with Gasteiger partial charge in [0.2, 0.25) is 0 Å². The first kappa shape index (κ1) is 5.92. The Hall–Kier alpha value is -0.830. The van der Waals surface area contributed by atoms with Crippen LogP contribution >= 0.6 is 0 Å². The molecule has 0 aromatic carbocycles. The normalized spacial score (nSPS) is 24.3. The summed E-state index contributed by atoms with van der Waals surface area (Å²) in [6.45, 7) is 3.21. The van der Waals surface area contributed by atoms with E-state index in [2.05, 4.69) is 22.4 Å². The largest absolute Gasteiger partial charge is 0.308 e. The van der Waals surface area contributed by atoms with Crippen molar-refractivity contribution in [1.82, 2.24) is 15.5 Å². The molecule has 0 spiro atoms. The second kappa shape index (κ2) is 2.09. The predicted molar refractivity (Wildman–Crippen MR) is 38.7 cm³/mol. The Bertz CT molecular complexity index is 229. The maximum atomic E-state index is 4.15. The van der Waals surface area contributed by atoms with Gasteiger partial charge in [-0.05, 0) is 25.5 Å². The first-order valence-electron chi connectivity index (χ1n) is 3.64. The molecule has 0 saturated heterocycles. The lowest BCUT2D eigenvalue weighted by Crippen LogP contribution is -2.27. The van der Waals surface area contributed by atoms with Crippen molar-refractivity contribution in [2.75, 3.05) is 6.54 Å². The fourth-order valence-corrected chi connectivity index (χ4v) is 1.42. The van der Waals surface area contributed by atoms with Crippen LogP contribution in [0.2, 0.25) is 0 Å². The molecule has 3 nitrogen and oxygen atoms in total. The zero-order valence-corrected chi connectivity index (χ0v) is 6.02. The highest BCUT2D eigenvalue weighted by Crippen LogP contribution is 2.18. The van der Waals surface area contributed by atoms with Crippen LogP contribution in [0.3, 0.4) is 0 Å². The summed E-state index contributed by atoms with van der Waals surface area (Å²) < 4.78 is 0. The zero-order chi connectivity index (χ0) is 6.97. The molecule has 0 bridgehead atoms. The number of aromatic nitrogens is 2. The lowest BCUT2D eigenvalue weighted by molar-refractivity contribution is 0.529. The fraction of sp³-hybridized carbons (Fsp3) is 0.571. The number of hydrogen-bond acceptors (Lipinski definition) is 2. The van der Waals surface area contributed by atoms with Crippen molar-refractivity contribution in [3.63, 3.8) is 0 Å². The summed E-state index contributed by atoms with van der Waals surface area (Å²) in [6, 6.07) is 0.426. The predicted octanol–water partition coefficient (Wildman–Crippen LogP) is 0.616. The van der Waals surface area contributed by atoms with Gasteiger partial charge < -0.3 is 5.32 Å². The van der Waals surface area contributed by atoms with E-state index in [9.17, 15) is 0 Å². The van der Waals surface area contributed by atoms with Crippen LogP contribution in [0.4, 0.5) is 0 Å². The number of rotatable bonds is 0. The Morgan fingerprint density at radius 3 is 3.40 bits per heavy atom. The molecule has 1 aliphatic rings. The van der Waals surface area contributed by atoms with Crippen molar-refractivity contribution in [2.24, 2.45) is 0 Å². The second-order valence-corrected chi connectivity index (χ2v) is 2.72. The van der Waals surface area contributed by atoms with Gasteiger partial charge in [-0.2, -0.15) is 5.10 Å². The minimum absolute atomic E-state index is 0.426. The molecule has 1 aliphatic heterocycles. The SMILES string of the molecule is CC1NCCc2c[nH]nc21. The van der Waals surface area contributed by atoms with Gasteiger partial charge in [-0.1, -0.05) is 0 Å². The average Bonchev–Trinajstić information content (AvgIpc) is 2.36. The summed E-state index contributed by atoms with van der Waals surface area (Å²) in [5.74, 6) is 0. The number of H-pyrrole nitrogens is 1. The van der Waals surface area contributed by atoms with Gasteiger partial charge in [-0.25, -0.2) is 0 Å². The van der Waals surface area contributed by atoms with E-state index >= 15 is 0 Å². The molecule has 0 fully saturated rings. The highest BCUT2D eigenvalue weighted by Gasteiger charge is 2.16. The van der Waals surface area contributed by atoms with E-state index in [0.29, 0.717) is 6.04 Å². The second-order valence-electron chi connectivity index (χ2n) is 2.72. The molecule has 1 atom stereocenters. The first-order chi connectivity index (χ1) is 4.88. The molecule has 1 unspecified atom stereocenters. The Kier molecular flexibility index (Phi) is 1.24.